The Morgan fingerprint density at radius 1 is 1.60 bits per heavy atom. The van der Waals surface area contributed by atoms with Crippen LogP contribution < -0.4 is 5.73 Å². The molecule has 0 aromatic carbocycles. The first-order valence-electron chi connectivity index (χ1n) is 4.99. The van der Waals surface area contributed by atoms with Gasteiger partial charge in [-0.25, -0.2) is 4.68 Å². The average molecular weight is 212 g/mol. The molecule has 1 amide bonds. The van der Waals surface area contributed by atoms with Crippen LogP contribution in [-0.2, 0) is 4.79 Å². The van der Waals surface area contributed by atoms with Crippen LogP contribution in [-0.4, -0.2) is 26.0 Å². The van der Waals surface area contributed by atoms with E-state index in [4.69, 9.17) is 5.73 Å². The minimum absolute atomic E-state index is 0.445. The van der Waals surface area contributed by atoms with Crippen molar-refractivity contribution in [3.05, 3.63) is 11.9 Å². The van der Waals surface area contributed by atoms with Crippen LogP contribution in [0, 0.1) is 0 Å². The molecule has 1 rings (SSSR count). The van der Waals surface area contributed by atoms with Gasteiger partial charge in [-0.2, -0.15) is 0 Å². The van der Waals surface area contributed by atoms with Crippen molar-refractivity contribution in [3.63, 3.8) is 0 Å². The lowest BCUT2D eigenvalue weighted by atomic mass is 10.2. The maximum Gasteiger partial charge on any atom is 0.242 e. The number of nitrogens with two attached hydrogens (primary N) is 1. The number of nitrogens with zero attached hydrogens (tertiary/aromatic N) is 3. The Morgan fingerprint density at radius 2 is 2.27 bits per heavy atom. The highest BCUT2D eigenvalue weighted by atomic mass is 16.3. The van der Waals surface area contributed by atoms with E-state index in [2.05, 4.69) is 10.3 Å². The maximum atomic E-state index is 11.1. The van der Waals surface area contributed by atoms with Crippen LogP contribution in [0.5, 0.6) is 0 Å². The van der Waals surface area contributed by atoms with Crippen LogP contribution in [0.3, 0.4) is 0 Å². The van der Waals surface area contributed by atoms with E-state index in [0.29, 0.717) is 18.5 Å². The third kappa shape index (κ3) is 2.53. The van der Waals surface area contributed by atoms with Gasteiger partial charge >= 0.3 is 0 Å². The van der Waals surface area contributed by atoms with Crippen molar-refractivity contribution in [1.82, 2.24) is 15.0 Å². The molecule has 0 aliphatic heterocycles. The summed E-state index contributed by atoms with van der Waals surface area (Å²) < 4.78 is 1.40. The summed E-state index contributed by atoms with van der Waals surface area (Å²) in [6, 6.07) is -0.490. The molecule has 6 nitrogen and oxygen atoms in total. The van der Waals surface area contributed by atoms with Crippen LogP contribution in [0.25, 0.3) is 0 Å². The normalized spacial score (nSPS) is 14.9. The number of aliphatic hydroxyl groups excluding tert-OH is 1. The minimum atomic E-state index is -0.635. The van der Waals surface area contributed by atoms with Gasteiger partial charge in [-0.15, -0.1) is 5.10 Å². The van der Waals surface area contributed by atoms with Gasteiger partial charge in [-0.1, -0.05) is 19.1 Å². The molecule has 0 saturated heterocycles. The van der Waals surface area contributed by atoms with Crippen molar-refractivity contribution in [3.8, 4) is 0 Å². The first kappa shape index (κ1) is 11.6. The van der Waals surface area contributed by atoms with Gasteiger partial charge in [-0.3, -0.25) is 4.79 Å². The Kier molecular flexibility index (Phi) is 3.79. The second-order valence-corrected chi connectivity index (χ2v) is 3.37. The second-order valence-electron chi connectivity index (χ2n) is 3.37. The number of aromatic nitrogens is 3. The first-order chi connectivity index (χ1) is 7.10. The number of rotatable bonds is 5. The second kappa shape index (κ2) is 4.88. The lowest BCUT2D eigenvalue weighted by Gasteiger charge is -2.09. The van der Waals surface area contributed by atoms with Crippen LogP contribution >= 0.6 is 0 Å². The predicted octanol–water partition coefficient (Wildman–Crippen LogP) is 0.158. The Balaban J connectivity index is 2.87. The van der Waals surface area contributed by atoms with Crippen molar-refractivity contribution >= 4 is 5.91 Å². The number of amides is 1. The SMILES string of the molecule is CCC(O)c1cn(C(CC)C(N)=O)nn1. The molecule has 84 valence electrons. The van der Waals surface area contributed by atoms with Gasteiger partial charge in [0.05, 0.1) is 12.3 Å². The molecular weight excluding hydrogens is 196 g/mol. The summed E-state index contributed by atoms with van der Waals surface area (Å²) in [5, 5.41) is 17.1. The van der Waals surface area contributed by atoms with Gasteiger partial charge in [0, 0.05) is 0 Å². The molecule has 1 aromatic heterocycles. The summed E-state index contributed by atoms with van der Waals surface area (Å²) >= 11 is 0. The molecule has 0 spiro atoms. The van der Waals surface area contributed by atoms with Crippen LogP contribution in [0.2, 0.25) is 0 Å². The number of carbonyl (C=O) groups excluding carboxylic acids is 1. The highest BCUT2D eigenvalue weighted by molar-refractivity contribution is 5.78. The Hall–Kier alpha value is -1.43. The monoisotopic (exact) mass is 212 g/mol. The molecule has 2 atom stereocenters. The van der Waals surface area contributed by atoms with Crippen molar-refractivity contribution in [2.45, 2.75) is 38.8 Å². The summed E-state index contributed by atoms with van der Waals surface area (Å²) in [6.07, 6.45) is 2.05. The third-order valence-corrected chi connectivity index (χ3v) is 2.29. The van der Waals surface area contributed by atoms with Crippen molar-refractivity contribution < 1.29 is 9.90 Å². The van der Waals surface area contributed by atoms with Crippen LogP contribution in [0.4, 0.5) is 0 Å². The molecule has 3 N–H and O–H groups in total. The van der Waals surface area contributed by atoms with Crippen molar-refractivity contribution in [2.24, 2.45) is 5.73 Å². The number of primary amides is 1. The fraction of sp³-hybridized carbons (Fsp3) is 0.667. The molecule has 15 heavy (non-hydrogen) atoms. The lowest BCUT2D eigenvalue weighted by Crippen LogP contribution is -2.26. The zero-order valence-electron chi connectivity index (χ0n) is 8.92. The number of aliphatic hydroxyl groups is 1. The number of carbonyl (C=O) groups is 1. The molecule has 0 fully saturated rings. The Bertz CT molecular complexity index is 337. The van der Waals surface area contributed by atoms with Gasteiger partial charge < -0.3 is 10.8 Å². The molecular formula is C9H16N4O2. The fourth-order valence-electron chi connectivity index (χ4n) is 1.32. The van der Waals surface area contributed by atoms with Gasteiger partial charge in [0.25, 0.3) is 0 Å². The van der Waals surface area contributed by atoms with E-state index in [0.717, 1.165) is 0 Å². The van der Waals surface area contributed by atoms with Gasteiger partial charge in [0.2, 0.25) is 5.91 Å². The van der Waals surface area contributed by atoms with Gasteiger partial charge in [0.1, 0.15) is 11.7 Å². The van der Waals surface area contributed by atoms with Gasteiger partial charge in [-0.05, 0) is 12.8 Å². The Morgan fingerprint density at radius 3 is 2.73 bits per heavy atom. The topological polar surface area (TPSA) is 94.0 Å². The van der Waals surface area contributed by atoms with E-state index in [1.165, 1.54) is 4.68 Å². The molecule has 6 heteroatoms. The summed E-state index contributed by atoms with van der Waals surface area (Å²) in [5.74, 6) is -0.445. The van der Waals surface area contributed by atoms with Crippen LogP contribution in [0.15, 0.2) is 6.20 Å². The predicted molar refractivity (Wildman–Crippen MR) is 53.8 cm³/mol. The van der Waals surface area contributed by atoms with Crippen molar-refractivity contribution in [1.29, 1.82) is 0 Å². The van der Waals surface area contributed by atoms with E-state index >= 15 is 0 Å². The summed E-state index contributed by atoms with van der Waals surface area (Å²) in [4.78, 5) is 11.1. The van der Waals surface area contributed by atoms with E-state index in [1.807, 2.05) is 13.8 Å². The standard InChI is InChI=1S/C9H16N4O2/c1-3-7(9(10)15)13-5-6(11-12-13)8(14)4-2/h5,7-8,14H,3-4H2,1-2H3,(H2,10,15). The number of hydrogen-bond acceptors (Lipinski definition) is 4. The number of hydrogen-bond donors (Lipinski definition) is 2. The summed E-state index contributed by atoms with van der Waals surface area (Å²) in [5.41, 5.74) is 5.68. The molecule has 0 aliphatic rings. The largest absolute Gasteiger partial charge is 0.387 e. The van der Waals surface area contributed by atoms with Crippen LogP contribution in [0.1, 0.15) is 44.5 Å². The molecule has 1 heterocycles. The zero-order valence-corrected chi connectivity index (χ0v) is 8.92. The highest BCUT2D eigenvalue weighted by Gasteiger charge is 2.18. The summed E-state index contributed by atoms with van der Waals surface area (Å²) in [7, 11) is 0. The molecule has 0 saturated carbocycles. The fourth-order valence-corrected chi connectivity index (χ4v) is 1.32. The summed E-state index contributed by atoms with van der Waals surface area (Å²) in [6.45, 7) is 3.68. The van der Waals surface area contributed by atoms with Gasteiger partial charge in [0.15, 0.2) is 0 Å². The molecule has 2 unspecified atom stereocenters. The molecule has 0 aliphatic carbocycles. The molecule has 1 aromatic rings. The third-order valence-electron chi connectivity index (χ3n) is 2.29. The zero-order chi connectivity index (χ0) is 11.4. The minimum Gasteiger partial charge on any atom is -0.387 e. The van der Waals surface area contributed by atoms with E-state index in [9.17, 15) is 9.90 Å². The quantitative estimate of drug-likeness (QED) is 0.726. The van der Waals surface area contributed by atoms with E-state index in [1.54, 1.807) is 6.20 Å². The molecule has 0 radical (unpaired) electrons. The Labute approximate surface area is 88.1 Å². The smallest absolute Gasteiger partial charge is 0.242 e. The molecule has 0 bridgehead atoms. The van der Waals surface area contributed by atoms with Crippen molar-refractivity contribution in [2.75, 3.05) is 0 Å². The lowest BCUT2D eigenvalue weighted by molar-refractivity contribution is -0.121. The average Bonchev–Trinajstić information content (AvgIpc) is 2.66. The maximum absolute atomic E-state index is 11.1. The first-order valence-corrected chi connectivity index (χ1v) is 4.99. The van der Waals surface area contributed by atoms with E-state index < -0.39 is 18.1 Å². The highest BCUT2D eigenvalue weighted by Crippen LogP contribution is 2.15. The van der Waals surface area contributed by atoms with E-state index in [-0.39, 0.29) is 0 Å².